The molecule has 2 saturated carbocycles. The lowest BCUT2D eigenvalue weighted by atomic mass is 9.50. The zero-order valence-corrected chi connectivity index (χ0v) is 20.2. The predicted molar refractivity (Wildman–Crippen MR) is 130 cm³/mol. The molecule has 7 rings (SSSR count). The Morgan fingerprint density at radius 3 is 2.91 bits per heavy atom. The van der Waals surface area contributed by atoms with Crippen molar-refractivity contribution in [1.82, 2.24) is 15.2 Å². The van der Waals surface area contributed by atoms with Crippen LogP contribution in [0.15, 0.2) is 30.5 Å². The Kier molecular flexibility index (Phi) is 4.59. The molecule has 1 aromatic heterocycles. The van der Waals surface area contributed by atoms with Gasteiger partial charge in [-0.15, -0.1) is 0 Å². The van der Waals surface area contributed by atoms with Gasteiger partial charge in [-0.05, 0) is 88.1 Å². The summed E-state index contributed by atoms with van der Waals surface area (Å²) in [6, 6.07) is 7.04. The summed E-state index contributed by atoms with van der Waals surface area (Å²) in [5.74, 6) is 1.24. The van der Waals surface area contributed by atoms with Crippen molar-refractivity contribution in [2.75, 3.05) is 13.1 Å². The number of pyridine rings is 1. The summed E-state index contributed by atoms with van der Waals surface area (Å²) in [6.45, 7) is 3.90. The van der Waals surface area contributed by atoms with Crippen LogP contribution >= 0.6 is 0 Å². The summed E-state index contributed by atoms with van der Waals surface area (Å²) in [4.78, 5) is 20.0. The van der Waals surface area contributed by atoms with E-state index in [0.717, 1.165) is 49.5 Å². The highest BCUT2D eigenvalue weighted by Crippen LogP contribution is 2.65. The number of aliphatic hydroxyl groups is 1. The number of rotatable bonds is 4. The molecule has 3 fully saturated rings. The number of carbonyl (C=O) groups is 1. The summed E-state index contributed by atoms with van der Waals surface area (Å²) in [5.41, 5.74) is 1.95. The molecule has 1 aromatic carbocycles. The zero-order chi connectivity index (χ0) is 23.9. The van der Waals surface area contributed by atoms with E-state index in [1.165, 1.54) is 18.4 Å². The third-order valence-corrected chi connectivity index (χ3v) is 9.46. The van der Waals surface area contributed by atoms with E-state index in [0.29, 0.717) is 24.2 Å². The number of carbonyl (C=O) groups excluding carboxylic acids is 1. The van der Waals surface area contributed by atoms with Crippen LogP contribution in [0.25, 0.3) is 0 Å². The lowest BCUT2D eigenvalue weighted by Gasteiger charge is -2.59. The number of hydrogen-bond donors (Lipinski definition) is 3. The molecule has 5 atom stereocenters. The van der Waals surface area contributed by atoms with Crippen LogP contribution < -0.4 is 10.1 Å². The largest absolute Gasteiger partial charge is 0.504 e. The molecule has 3 N–H and O–H groups in total. The molecule has 35 heavy (non-hydrogen) atoms. The molecular weight excluding hydrogens is 442 g/mol. The van der Waals surface area contributed by atoms with Crippen LogP contribution in [0.5, 0.6) is 11.5 Å². The van der Waals surface area contributed by atoms with Crippen LogP contribution in [0.1, 0.15) is 65.7 Å². The molecule has 2 aliphatic heterocycles. The lowest BCUT2D eigenvalue weighted by molar-refractivity contribution is -0.155. The second-order valence-electron chi connectivity index (χ2n) is 11.4. The minimum absolute atomic E-state index is 0.0270. The van der Waals surface area contributed by atoms with E-state index in [2.05, 4.69) is 15.2 Å². The van der Waals surface area contributed by atoms with Crippen LogP contribution in [0.2, 0.25) is 0 Å². The van der Waals surface area contributed by atoms with Gasteiger partial charge in [0.05, 0.1) is 17.1 Å². The Balaban J connectivity index is 1.31. The minimum atomic E-state index is -0.955. The average molecular weight is 476 g/mol. The zero-order valence-electron chi connectivity index (χ0n) is 20.2. The summed E-state index contributed by atoms with van der Waals surface area (Å²) in [7, 11) is 0. The Bertz CT molecular complexity index is 1210. The number of aryl methyl sites for hydroxylation is 1. The van der Waals surface area contributed by atoms with E-state index in [4.69, 9.17) is 4.74 Å². The van der Waals surface area contributed by atoms with Gasteiger partial charge in [0.1, 0.15) is 6.10 Å². The Hall–Kier alpha value is -2.64. The van der Waals surface area contributed by atoms with Gasteiger partial charge in [-0.2, -0.15) is 0 Å². The third kappa shape index (κ3) is 2.97. The van der Waals surface area contributed by atoms with E-state index >= 15 is 0 Å². The minimum Gasteiger partial charge on any atom is -0.504 e. The molecule has 3 heterocycles. The molecule has 7 nitrogen and oxygen atoms in total. The molecule has 3 aliphatic carbocycles. The quantitative estimate of drug-likeness (QED) is 0.630. The molecule has 1 saturated heterocycles. The van der Waals surface area contributed by atoms with Crippen LogP contribution in [0.3, 0.4) is 0 Å². The number of phenolic OH excluding ortho intramolecular Hbond substituents is 1. The van der Waals surface area contributed by atoms with Gasteiger partial charge in [0.2, 0.25) is 0 Å². The van der Waals surface area contributed by atoms with Gasteiger partial charge < -0.3 is 20.3 Å². The van der Waals surface area contributed by atoms with E-state index < -0.39 is 17.1 Å². The van der Waals surface area contributed by atoms with Crippen molar-refractivity contribution in [3.8, 4) is 11.5 Å². The highest BCUT2D eigenvalue weighted by atomic mass is 16.5. The summed E-state index contributed by atoms with van der Waals surface area (Å²) in [5, 5.41) is 26.7. The Morgan fingerprint density at radius 2 is 2.11 bits per heavy atom. The maximum absolute atomic E-state index is 13.2. The lowest BCUT2D eigenvalue weighted by Crippen LogP contribution is -2.74. The van der Waals surface area contributed by atoms with Gasteiger partial charge in [-0.1, -0.05) is 6.07 Å². The van der Waals surface area contributed by atoms with Crippen molar-refractivity contribution in [3.63, 3.8) is 0 Å². The standard InChI is InChI=1S/C28H33N3O4/c1-16-13-19(8-11-29-16)26(33)30-20-7-10-28(34)22-14-18-5-6-21(32)24-23(18)27(28,25(20)35-24)9-2-12-31(22)15-17-3-4-17/h5-6,8,11,13,17,20,22,25,32,34H,2-4,7,9-10,12,14-15H2,1H3,(H,30,33)/t20-,22?,25+,27+,28+/m1/s1. The van der Waals surface area contributed by atoms with Crippen LogP contribution in [0, 0.1) is 12.8 Å². The van der Waals surface area contributed by atoms with E-state index in [-0.39, 0.29) is 23.7 Å². The number of likely N-dealkylation sites (tertiary alicyclic amines) is 1. The molecule has 2 bridgehead atoms. The number of nitrogens with one attached hydrogen (secondary N) is 1. The third-order valence-electron chi connectivity index (χ3n) is 9.46. The molecule has 184 valence electrons. The van der Waals surface area contributed by atoms with Crippen molar-refractivity contribution in [3.05, 3.63) is 52.8 Å². The number of ether oxygens (including phenoxy) is 1. The van der Waals surface area contributed by atoms with E-state index in [1.807, 2.05) is 13.0 Å². The first-order chi connectivity index (χ1) is 16.9. The maximum atomic E-state index is 13.2. The molecule has 0 radical (unpaired) electrons. The number of aromatic hydroxyl groups is 1. The second-order valence-corrected chi connectivity index (χ2v) is 11.4. The Labute approximate surface area is 205 Å². The van der Waals surface area contributed by atoms with E-state index in [9.17, 15) is 15.0 Å². The number of hydrogen-bond acceptors (Lipinski definition) is 6. The summed E-state index contributed by atoms with van der Waals surface area (Å²) in [6.07, 6.45) is 7.58. The molecule has 7 heteroatoms. The van der Waals surface area contributed by atoms with Gasteiger partial charge >= 0.3 is 0 Å². The fourth-order valence-electron chi connectivity index (χ4n) is 7.81. The van der Waals surface area contributed by atoms with Gasteiger partial charge in [-0.3, -0.25) is 14.7 Å². The first-order valence-corrected chi connectivity index (χ1v) is 13.1. The number of phenols is 1. The predicted octanol–water partition coefficient (Wildman–Crippen LogP) is 2.85. The van der Waals surface area contributed by atoms with Crippen molar-refractivity contribution in [2.45, 2.75) is 81.1 Å². The maximum Gasteiger partial charge on any atom is 0.251 e. The van der Waals surface area contributed by atoms with Crippen LogP contribution in [0.4, 0.5) is 0 Å². The van der Waals surface area contributed by atoms with Crippen molar-refractivity contribution in [1.29, 1.82) is 0 Å². The average Bonchev–Trinajstić information content (AvgIpc) is 3.58. The number of benzene rings is 1. The highest BCUT2D eigenvalue weighted by molar-refractivity contribution is 5.94. The molecule has 5 aliphatic rings. The molecular formula is C28H33N3O4. The molecule has 1 amide bonds. The van der Waals surface area contributed by atoms with Gasteiger partial charge in [0.15, 0.2) is 11.5 Å². The Morgan fingerprint density at radius 1 is 1.26 bits per heavy atom. The normalized spacial score (nSPS) is 35.1. The van der Waals surface area contributed by atoms with Crippen molar-refractivity contribution < 1.29 is 19.7 Å². The molecule has 1 spiro atoms. The summed E-state index contributed by atoms with van der Waals surface area (Å²) >= 11 is 0. The first kappa shape index (κ1) is 21.6. The smallest absolute Gasteiger partial charge is 0.251 e. The number of amides is 1. The van der Waals surface area contributed by atoms with Gasteiger partial charge in [-0.25, -0.2) is 0 Å². The fraction of sp³-hybridized carbons (Fsp3) is 0.571. The SMILES string of the molecule is Cc1cc(C(=O)N[C@@H]2CC[C@]3(O)C4Cc5ccc(O)c6c5[C@@]3(CCCN4CC3CC3)[C@H]2O6)ccn1. The monoisotopic (exact) mass is 475 g/mol. The highest BCUT2D eigenvalue weighted by Gasteiger charge is 2.72. The second kappa shape index (κ2) is 7.43. The van der Waals surface area contributed by atoms with Crippen LogP contribution in [-0.2, 0) is 11.8 Å². The van der Waals surface area contributed by atoms with E-state index in [1.54, 1.807) is 24.4 Å². The number of nitrogens with zero attached hydrogens (tertiary/aromatic N) is 2. The summed E-state index contributed by atoms with van der Waals surface area (Å²) < 4.78 is 6.58. The fourth-order valence-corrected chi connectivity index (χ4v) is 7.81. The first-order valence-electron chi connectivity index (χ1n) is 13.1. The molecule has 2 aromatic rings. The molecule has 1 unspecified atom stereocenters. The topological polar surface area (TPSA) is 94.9 Å². The van der Waals surface area contributed by atoms with Crippen molar-refractivity contribution >= 4 is 5.91 Å². The van der Waals surface area contributed by atoms with Crippen LogP contribution in [-0.4, -0.2) is 62.9 Å². The van der Waals surface area contributed by atoms with Gasteiger partial charge in [0, 0.05) is 35.6 Å². The van der Waals surface area contributed by atoms with Gasteiger partial charge in [0.25, 0.3) is 5.91 Å². The number of aromatic nitrogens is 1. The van der Waals surface area contributed by atoms with Crippen molar-refractivity contribution in [2.24, 2.45) is 5.92 Å².